The summed E-state index contributed by atoms with van der Waals surface area (Å²) in [4.78, 5) is 12.5. The Morgan fingerprint density at radius 3 is 2.81 bits per heavy atom. The Balaban J connectivity index is 1.78. The minimum absolute atomic E-state index is 0.644. The fraction of sp³-hybridized carbons (Fsp3) is 0.286. The molecule has 0 aromatic carbocycles. The van der Waals surface area contributed by atoms with Crippen LogP contribution in [-0.2, 0) is 6.42 Å². The van der Waals surface area contributed by atoms with E-state index >= 15 is 0 Å². The lowest BCUT2D eigenvalue weighted by atomic mass is 10.3. The van der Waals surface area contributed by atoms with Crippen molar-refractivity contribution in [3.63, 3.8) is 0 Å². The van der Waals surface area contributed by atoms with Crippen LogP contribution >= 0.6 is 34.3 Å². The maximum atomic E-state index is 5.95. The molecular weight excluding hydrogens is 324 g/mol. The standard InChI is InChI=1S/C14H15ClN4S2/c1-8-7-10-12(18-14(16-2)19-13(10)20-8)17-6-5-9-3-4-11(15)21-9/h3-4,7H,5-6H2,1-2H3,(H2,16,17,18,19). The zero-order chi connectivity index (χ0) is 14.8. The zero-order valence-electron chi connectivity index (χ0n) is 11.7. The minimum Gasteiger partial charge on any atom is -0.369 e. The summed E-state index contributed by atoms with van der Waals surface area (Å²) in [5, 5.41) is 7.51. The summed E-state index contributed by atoms with van der Waals surface area (Å²) >= 11 is 9.25. The van der Waals surface area contributed by atoms with E-state index < -0.39 is 0 Å². The molecule has 110 valence electrons. The molecule has 0 radical (unpaired) electrons. The van der Waals surface area contributed by atoms with Gasteiger partial charge in [-0.25, -0.2) is 4.98 Å². The first-order chi connectivity index (χ1) is 10.2. The Morgan fingerprint density at radius 2 is 2.10 bits per heavy atom. The van der Waals surface area contributed by atoms with Crippen LogP contribution in [-0.4, -0.2) is 23.6 Å². The molecule has 3 aromatic heterocycles. The van der Waals surface area contributed by atoms with E-state index in [-0.39, 0.29) is 0 Å². The third-order valence-electron chi connectivity index (χ3n) is 3.03. The Hall–Kier alpha value is -1.37. The fourth-order valence-electron chi connectivity index (χ4n) is 2.08. The summed E-state index contributed by atoms with van der Waals surface area (Å²) in [6, 6.07) is 6.13. The molecule has 0 spiro atoms. The maximum Gasteiger partial charge on any atom is 0.225 e. The third-order valence-corrected chi connectivity index (χ3v) is 5.27. The Labute approximate surface area is 136 Å². The summed E-state index contributed by atoms with van der Waals surface area (Å²) < 4.78 is 0.834. The molecule has 3 heterocycles. The maximum absolute atomic E-state index is 5.95. The van der Waals surface area contributed by atoms with Gasteiger partial charge in [-0.2, -0.15) is 4.98 Å². The zero-order valence-corrected chi connectivity index (χ0v) is 14.1. The second kappa shape index (κ2) is 6.17. The average molecular weight is 339 g/mol. The molecule has 0 bridgehead atoms. The van der Waals surface area contributed by atoms with E-state index in [1.165, 1.54) is 9.75 Å². The van der Waals surface area contributed by atoms with Gasteiger partial charge in [-0.1, -0.05) is 11.6 Å². The lowest BCUT2D eigenvalue weighted by molar-refractivity contribution is 1.03. The van der Waals surface area contributed by atoms with E-state index in [1.54, 1.807) is 22.7 Å². The van der Waals surface area contributed by atoms with Gasteiger partial charge in [0.1, 0.15) is 10.6 Å². The van der Waals surface area contributed by atoms with E-state index in [4.69, 9.17) is 11.6 Å². The van der Waals surface area contributed by atoms with Gasteiger partial charge in [-0.3, -0.25) is 0 Å². The van der Waals surface area contributed by atoms with Crippen molar-refractivity contribution in [3.8, 4) is 0 Å². The number of nitrogens with one attached hydrogen (secondary N) is 2. The minimum atomic E-state index is 0.644. The van der Waals surface area contributed by atoms with Crippen molar-refractivity contribution in [1.82, 2.24) is 9.97 Å². The first kappa shape index (κ1) is 14.6. The van der Waals surface area contributed by atoms with Gasteiger partial charge in [0, 0.05) is 23.3 Å². The van der Waals surface area contributed by atoms with E-state index in [0.717, 1.165) is 33.3 Å². The van der Waals surface area contributed by atoms with Gasteiger partial charge in [0.25, 0.3) is 0 Å². The Bertz CT molecular complexity index is 766. The van der Waals surface area contributed by atoms with Crippen molar-refractivity contribution in [1.29, 1.82) is 0 Å². The smallest absolute Gasteiger partial charge is 0.225 e. The molecule has 3 aromatic rings. The normalized spacial score (nSPS) is 11.0. The summed E-state index contributed by atoms with van der Waals surface area (Å²) in [6.45, 7) is 2.91. The molecule has 7 heteroatoms. The highest BCUT2D eigenvalue weighted by Crippen LogP contribution is 2.29. The van der Waals surface area contributed by atoms with Crippen LogP contribution in [0.1, 0.15) is 9.75 Å². The SMILES string of the molecule is CNc1nc(NCCc2ccc(Cl)s2)c2cc(C)sc2n1. The topological polar surface area (TPSA) is 49.8 Å². The van der Waals surface area contributed by atoms with Gasteiger partial charge in [-0.15, -0.1) is 22.7 Å². The van der Waals surface area contributed by atoms with Gasteiger partial charge in [0.05, 0.1) is 9.72 Å². The molecule has 2 N–H and O–H groups in total. The van der Waals surface area contributed by atoms with Crippen molar-refractivity contribution < 1.29 is 0 Å². The van der Waals surface area contributed by atoms with Crippen molar-refractivity contribution in [2.75, 3.05) is 24.2 Å². The molecule has 4 nitrogen and oxygen atoms in total. The largest absolute Gasteiger partial charge is 0.369 e. The summed E-state index contributed by atoms with van der Waals surface area (Å²) in [5.74, 6) is 1.53. The molecule has 0 amide bonds. The molecule has 0 saturated carbocycles. The number of aromatic nitrogens is 2. The second-order valence-corrected chi connectivity index (χ2v) is 7.64. The number of aryl methyl sites for hydroxylation is 1. The average Bonchev–Trinajstić information content (AvgIpc) is 3.03. The molecular formula is C14H15ClN4S2. The summed E-state index contributed by atoms with van der Waals surface area (Å²) in [7, 11) is 1.83. The number of rotatable bonds is 5. The van der Waals surface area contributed by atoms with Crippen LogP contribution in [0.5, 0.6) is 0 Å². The van der Waals surface area contributed by atoms with E-state index in [2.05, 4.69) is 39.7 Å². The van der Waals surface area contributed by atoms with Crippen molar-refractivity contribution in [2.24, 2.45) is 0 Å². The van der Waals surface area contributed by atoms with Crippen LogP contribution < -0.4 is 10.6 Å². The Morgan fingerprint density at radius 1 is 1.24 bits per heavy atom. The van der Waals surface area contributed by atoms with Crippen molar-refractivity contribution >= 4 is 56.3 Å². The number of hydrogen-bond acceptors (Lipinski definition) is 6. The van der Waals surface area contributed by atoms with E-state index in [0.29, 0.717) is 5.95 Å². The molecule has 0 atom stereocenters. The first-order valence-corrected chi connectivity index (χ1v) is 8.61. The number of halogens is 1. The van der Waals surface area contributed by atoms with Crippen LogP contribution in [0, 0.1) is 6.92 Å². The molecule has 3 rings (SSSR count). The highest BCUT2D eigenvalue weighted by Gasteiger charge is 2.10. The van der Waals surface area contributed by atoms with Crippen molar-refractivity contribution in [2.45, 2.75) is 13.3 Å². The predicted octanol–water partition coefficient (Wildman–Crippen LogP) is 4.41. The highest BCUT2D eigenvalue weighted by molar-refractivity contribution is 7.18. The van der Waals surface area contributed by atoms with Gasteiger partial charge in [0.15, 0.2) is 0 Å². The lowest BCUT2D eigenvalue weighted by Crippen LogP contribution is -2.07. The molecule has 21 heavy (non-hydrogen) atoms. The monoisotopic (exact) mass is 338 g/mol. The number of anilines is 2. The Kier molecular flexibility index (Phi) is 4.28. The molecule has 0 unspecified atom stereocenters. The van der Waals surface area contributed by atoms with E-state index in [9.17, 15) is 0 Å². The van der Waals surface area contributed by atoms with Gasteiger partial charge >= 0.3 is 0 Å². The van der Waals surface area contributed by atoms with Crippen LogP contribution in [0.2, 0.25) is 4.34 Å². The summed E-state index contributed by atoms with van der Waals surface area (Å²) in [5.41, 5.74) is 0. The lowest BCUT2D eigenvalue weighted by Gasteiger charge is -2.07. The first-order valence-electron chi connectivity index (χ1n) is 6.60. The predicted molar refractivity (Wildman–Crippen MR) is 93.2 cm³/mol. The highest BCUT2D eigenvalue weighted by atomic mass is 35.5. The van der Waals surface area contributed by atoms with Gasteiger partial charge < -0.3 is 10.6 Å². The fourth-order valence-corrected chi connectivity index (χ4v) is 4.05. The molecule has 0 fully saturated rings. The molecule has 0 aliphatic carbocycles. The number of thiophene rings is 2. The second-order valence-electron chi connectivity index (χ2n) is 4.60. The van der Waals surface area contributed by atoms with Crippen molar-refractivity contribution in [3.05, 3.63) is 32.3 Å². The number of nitrogens with zero attached hydrogens (tertiary/aromatic N) is 2. The van der Waals surface area contributed by atoms with E-state index in [1.807, 2.05) is 13.1 Å². The van der Waals surface area contributed by atoms with Crippen LogP contribution in [0.4, 0.5) is 11.8 Å². The molecule has 0 aliphatic rings. The number of hydrogen-bond donors (Lipinski definition) is 2. The van der Waals surface area contributed by atoms with Crippen LogP contribution in [0.15, 0.2) is 18.2 Å². The quantitative estimate of drug-likeness (QED) is 0.723. The molecule has 0 aliphatic heterocycles. The van der Waals surface area contributed by atoms with Crippen LogP contribution in [0.3, 0.4) is 0 Å². The number of fused-ring (bicyclic) bond motifs is 1. The summed E-state index contributed by atoms with van der Waals surface area (Å²) in [6.07, 6.45) is 0.931. The van der Waals surface area contributed by atoms with Gasteiger partial charge in [-0.05, 0) is 31.5 Å². The van der Waals surface area contributed by atoms with Gasteiger partial charge in [0.2, 0.25) is 5.95 Å². The third kappa shape index (κ3) is 3.28. The molecule has 0 saturated heterocycles. The van der Waals surface area contributed by atoms with Crippen LogP contribution in [0.25, 0.3) is 10.2 Å².